The van der Waals surface area contributed by atoms with Crippen LogP contribution in [0.4, 0.5) is 0 Å². The van der Waals surface area contributed by atoms with Crippen LogP contribution < -0.4 is 0 Å². The lowest BCUT2D eigenvalue weighted by molar-refractivity contribution is -0.0630. The molecule has 0 N–H and O–H groups in total. The summed E-state index contributed by atoms with van der Waals surface area (Å²) in [5.41, 5.74) is 0. The molecule has 0 aromatic rings. The van der Waals surface area contributed by atoms with Gasteiger partial charge in [-0.3, -0.25) is 0 Å². The highest BCUT2D eigenvalue weighted by atomic mass is 16.7. The van der Waals surface area contributed by atoms with Crippen molar-refractivity contribution in [1.82, 2.24) is 0 Å². The van der Waals surface area contributed by atoms with E-state index in [0.29, 0.717) is 6.10 Å². The summed E-state index contributed by atoms with van der Waals surface area (Å²) >= 11 is 0. The summed E-state index contributed by atoms with van der Waals surface area (Å²) in [6.45, 7) is 2.87. The van der Waals surface area contributed by atoms with Crippen molar-refractivity contribution in [3.8, 4) is 0 Å². The Hall–Kier alpha value is -0.0800. The molecule has 1 heterocycles. The Morgan fingerprint density at radius 1 is 1.07 bits per heavy atom. The summed E-state index contributed by atoms with van der Waals surface area (Å²) in [6, 6.07) is 0. The molecular weight excluding hydrogens is 176 g/mol. The predicted molar refractivity (Wildman–Crippen MR) is 56.1 cm³/mol. The van der Waals surface area contributed by atoms with Crippen LogP contribution in [0.15, 0.2) is 0 Å². The average Bonchev–Trinajstić information content (AvgIpc) is 2.63. The molecule has 2 atom stereocenters. The van der Waals surface area contributed by atoms with Crippen LogP contribution in [0.2, 0.25) is 0 Å². The molecule has 2 heteroatoms. The van der Waals surface area contributed by atoms with Gasteiger partial charge < -0.3 is 9.47 Å². The van der Waals surface area contributed by atoms with Gasteiger partial charge in [0.25, 0.3) is 0 Å². The molecule has 0 radical (unpaired) electrons. The molecule has 1 saturated carbocycles. The maximum absolute atomic E-state index is 5.63. The van der Waals surface area contributed by atoms with Gasteiger partial charge in [0.05, 0.1) is 12.7 Å². The Labute approximate surface area is 87.0 Å². The summed E-state index contributed by atoms with van der Waals surface area (Å²) in [5.74, 6) is 0.951. The maximum Gasteiger partial charge on any atom is 0.158 e. The van der Waals surface area contributed by atoms with Crippen LogP contribution in [0.1, 0.15) is 51.9 Å². The van der Waals surface area contributed by atoms with E-state index in [1.807, 2.05) is 0 Å². The number of hydrogen-bond donors (Lipinski definition) is 0. The van der Waals surface area contributed by atoms with Gasteiger partial charge in [-0.15, -0.1) is 0 Å². The minimum atomic E-state index is 0.104. The lowest BCUT2D eigenvalue weighted by Gasteiger charge is -2.22. The van der Waals surface area contributed by atoms with E-state index in [1.54, 1.807) is 0 Å². The molecule has 0 aromatic heterocycles. The predicted octanol–water partition coefficient (Wildman–Crippen LogP) is 3.11. The Balaban J connectivity index is 1.61. The van der Waals surface area contributed by atoms with Crippen LogP contribution in [0.5, 0.6) is 0 Å². The zero-order valence-electron chi connectivity index (χ0n) is 9.21. The molecule has 1 aliphatic carbocycles. The van der Waals surface area contributed by atoms with E-state index in [4.69, 9.17) is 9.47 Å². The van der Waals surface area contributed by atoms with E-state index >= 15 is 0 Å². The summed E-state index contributed by atoms with van der Waals surface area (Å²) in [6.07, 6.45) is 10.0. The second kappa shape index (κ2) is 5.13. The molecule has 2 aliphatic rings. The Morgan fingerprint density at radius 3 is 2.50 bits per heavy atom. The fraction of sp³-hybridized carbons (Fsp3) is 1.00. The lowest BCUT2D eigenvalue weighted by Crippen LogP contribution is -2.13. The summed E-state index contributed by atoms with van der Waals surface area (Å²) in [5, 5.41) is 0. The molecule has 0 amide bonds. The van der Waals surface area contributed by atoms with Gasteiger partial charge in [0.1, 0.15) is 0 Å². The molecule has 0 bridgehead atoms. The first-order valence-corrected chi connectivity index (χ1v) is 6.11. The van der Waals surface area contributed by atoms with Crippen LogP contribution in [-0.4, -0.2) is 19.0 Å². The molecule has 1 aliphatic heterocycles. The van der Waals surface area contributed by atoms with Crippen molar-refractivity contribution in [3.63, 3.8) is 0 Å². The monoisotopic (exact) mass is 198 g/mol. The molecule has 82 valence electrons. The van der Waals surface area contributed by atoms with Gasteiger partial charge in [0, 0.05) is 0 Å². The third-order valence-corrected chi connectivity index (χ3v) is 3.44. The second-order valence-corrected chi connectivity index (χ2v) is 4.79. The minimum absolute atomic E-state index is 0.104. The molecule has 1 saturated heterocycles. The minimum Gasteiger partial charge on any atom is -0.350 e. The van der Waals surface area contributed by atoms with Crippen LogP contribution in [-0.2, 0) is 9.47 Å². The molecule has 0 aromatic carbocycles. The zero-order chi connectivity index (χ0) is 9.80. The molecule has 2 rings (SSSR count). The molecule has 2 fully saturated rings. The van der Waals surface area contributed by atoms with E-state index in [2.05, 4.69) is 6.92 Å². The van der Waals surface area contributed by atoms with E-state index in [9.17, 15) is 0 Å². The summed E-state index contributed by atoms with van der Waals surface area (Å²) in [4.78, 5) is 0. The number of hydrogen-bond acceptors (Lipinski definition) is 2. The molecular formula is C12H22O2. The third-order valence-electron chi connectivity index (χ3n) is 3.44. The van der Waals surface area contributed by atoms with E-state index in [1.165, 1.54) is 38.5 Å². The van der Waals surface area contributed by atoms with Crippen molar-refractivity contribution in [2.45, 2.75) is 64.3 Å². The van der Waals surface area contributed by atoms with Crippen LogP contribution >= 0.6 is 0 Å². The zero-order valence-corrected chi connectivity index (χ0v) is 9.21. The van der Waals surface area contributed by atoms with Gasteiger partial charge in [0.15, 0.2) is 6.29 Å². The van der Waals surface area contributed by atoms with Crippen molar-refractivity contribution in [2.24, 2.45) is 5.92 Å². The van der Waals surface area contributed by atoms with Gasteiger partial charge in [0.2, 0.25) is 0 Å². The molecule has 2 unspecified atom stereocenters. The topological polar surface area (TPSA) is 18.5 Å². The van der Waals surface area contributed by atoms with Crippen LogP contribution in [0, 0.1) is 5.92 Å². The van der Waals surface area contributed by atoms with Gasteiger partial charge in [-0.25, -0.2) is 0 Å². The highest BCUT2D eigenvalue weighted by Crippen LogP contribution is 2.29. The first-order chi connectivity index (χ1) is 6.84. The molecule has 0 spiro atoms. The molecule has 2 nitrogen and oxygen atoms in total. The third kappa shape index (κ3) is 2.96. The Bertz CT molecular complexity index is 159. The fourth-order valence-corrected chi connectivity index (χ4v) is 2.58. The largest absolute Gasteiger partial charge is 0.350 e. The van der Waals surface area contributed by atoms with Crippen LogP contribution in [0.3, 0.4) is 0 Å². The second-order valence-electron chi connectivity index (χ2n) is 4.79. The number of rotatable bonds is 3. The fourth-order valence-electron chi connectivity index (χ4n) is 2.58. The van der Waals surface area contributed by atoms with Gasteiger partial charge in [-0.05, 0) is 25.7 Å². The van der Waals surface area contributed by atoms with Crippen molar-refractivity contribution in [1.29, 1.82) is 0 Å². The van der Waals surface area contributed by atoms with Gasteiger partial charge >= 0.3 is 0 Å². The maximum atomic E-state index is 5.63. The standard InChI is InChI=1S/C12H22O2/c1-10-9-13-12(14-10)8-7-11-5-3-2-4-6-11/h10-12H,2-9H2,1H3. The quantitative estimate of drug-likeness (QED) is 0.693. The number of ether oxygens (including phenoxy) is 2. The van der Waals surface area contributed by atoms with Crippen molar-refractivity contribution in [3.05, 3.63) is 0 Å². The summed E-state index contributed by atoms with van der Waals surface area (Å²) < 4.78 is 11.2. The van der Waals surface area contributed by atoms with Crippen molar-refractivity contribution in [2.75, 3.05) is 6.61 Å². The average molecular weight is 198 g/mol. The molecule has 14 heavy (non-hydrogen) atoms. The van der Waals surface area contributed by atoms with E-state index in [0.717, 1.165) is 18.9 Å². The van der Waals surface area contributed by atoms with Gasteiger partial charge in [-0.2, -0.15) is 0 Å². The smallest absolute Gasteiger partial charge is 0.158 e. The Morgan fingerprint density at radius 2 is 1.86 bits per heavy atom. The SMILES string of the molecule is CC1COC(CCC2CCCCC2)O1. The van der Waals surface area contributed by atoms with Crippen LogP contribution in [0.25, 0.3) is 0 Å². The first-order valence-electron chi connectivity index (χ1n) is 6.11. The van der Waals surface area contributed by atoms with Crippen molar-refractivity contribution < 1.29 is 9.47 Å². The van der Waals surface area contributed by atoms with Crippen molar-refractivity contribution >= 4 is 0 Å². The highest BCUT2D eigenvalue weighted by molar-refractivity contribution is 4.68. The highest BCUT2D eigenvalue weighted by Gasteiger charge is 2.23. The summed E-state index contributed by atoms with van der Waals surface area (Å²) in [7, 11) is 0. The van der Waals surface area contributed by atoms with E-state index in [-0.39, 0.29) is 6.29 Å². The first kappa shape index (κ1) is 10.4. The lowest BCUT2D eigenvalue weighted by atomic mass is 9.86. The van der Waals surface area contributed by atoms with E-state index < -0.39 is 0 Å². The van der Waals surface area contributed by atoms with Gasteiger partial charge in [-0.1, -0.05) is 32.1 Å². The normalized spacial score (nSPS) is 34.9. The Kier molecular flexibility index (Phi) is 3.82.